The van der Waals surface area contributed by atoms with Crippen LogP contribution in [0.25, 0.3) is 0 Å². The molecule has 0 saturated carbocycles. The quantitative estimate of drug-likeness (QED) is 0.628. The zero-order valence-electron chi connectivity index (χ0n) is 15.6. The first-order chi connectivity index (χ1) is 14.1. The molecule has 29 heavy (non-hydrogen) atoms. The van der Waals surface area contributed by atoms with Gasteiger partial charge in [0.2, 0.25) is 5.78 Å². The summed E-state index contributed by atoms with van der Waals surface area (Å²) in [5.41, 5.74) is 1.56. The Balaban J connectivity index is 1.81. The molecule has 0 aliphatic carbocycles. The fourth-order valence-electron chi connectivity index (χ4n) is 3.44. The highest BCUT2D eigenvalue weighted by Gasteiger charge is 2.44. The van der Waals surface area contributed by atoms with E-state index < -0.39 is 17.7 Å². The van der Waals surface area contributed by atoms with Crippen LogP contribution in [-0.4, -0.2) is 33.8 Å². The smallest absolute Gasteiger partial charge is 0.290 e. The van der Waals surface area contributed by atoms with Gasteiger partial charge in [-0.15, -0.1) is 11.3 Å². The average Bonchev–Trinajstić information content (AvgIpc) is 3.37. The van der Waals surface area contributed by atoms with E-state index in [9.17, 15) is 14.7 Å². The minimum absolute atomic E-state index is 0.0783. The number of ketones is 1. The Kier molecular flexibility index (Phi) is 5.14. The predicted molar refractivity (Wildman–Crippen MR) is 109 cm³/mol. The molecule has 7 heteroatoms. The van der Waals surface area contributed by atoms with Crippen LogP contribution in [0.3, 0.4) is 0 Å². The second-order valence-corrected chi connectivity index (χ2v) is 7.49. The Bertz CT molecular complexity index is 1080. The van der Waals surface area contributed by atoms with E-state index in [2.05, 4.69) is 4.98 Å². The third-order valence-corrected chi connectivity index (χ3v) is 5.65. The fraction of sp³-hybridized carbons (Fsp3) is 0.136. The summed E-state index contributed by atoms with van der Waals surface area (Å²) in [5.74, 6) is -0.848. The average molecular weight is 406 g/mol. The lowest BCUT2D eigenvalue weighted by atomic mass is 9.95. The minimum Gasteiger partial charge on any atom is -0.503 e. The Morgan fingerprint density at radius 1 is 1.24 bits per heavy atom. The molecule has 1 amide bonds. The van der Waals surface area contributed by atoms with E-state index in [1.165, 1.54) is 16.2 Å². The van der Waals surface area contributed by atoms with Gasteiger partial charge in [0.05, 0.1) is 23.6 Å². The molecule has 6 nitrogen and oxygen atoms in total. The number of ether oxygens (including phenoxy) is 1. The summed E-state index contributed by atoms with van der Waals surface area (Å²) in [7, 11) is 1.55. The third-order valence-electron chi connectivity index (χ3n) is 4.78. The normalized spacial score (nSPS) is 16.4. The van der Waals surface area contributed by atoms with Gasteiger partial charge in [0.25, 0.3) is 5.91 Å². The van der Waals surface area contributed by atoms with Crippen molar-refractivity contribution in [3.63, 3.8) is 0 Å². The number of benzene rings is 1. The SMILES string of the molecule is COc1cccc(C2C(C(=O)c3cccs3)=C(O)C(=O)N2Cc2cccnc2)c1. The molecule has 0 bridgehead atoms. The lowest BCUT2D eigenvalue weighted by Crippen LogP contribution is -2.30. The Hall–Kier alpha value is -3.45. The molecule has 0 saturated heterocycles. The zero-order chi connectivity index (χ0) is 20.4. The first kappa shape index (κ1) is 18.9. The summed E-state index contributed by atoms with van der Waals surface area (Å²) < 4.78 is 5.31. The van der Waals surface area contributed by atoms with Crippen LogP contribution in [0.15, 0.2) is 77.6 Å². The predicted octanol–water partition coefficient (Wildman–Crippen LogP) is 3.93. The zero-order valence-corrected chi connectivity index (χ0v) is 16.4. The van der Waals surface area contributed by atoms with Gasteiger partial charge in [0, 0.05) is 18.9 Å². The van der Waals surface area contributed by atoms with Gasteiger partial charge in [-0.2, -0.15) is 0 Å². The molecule has 1 aromatic carbocycles. The number of aliphatic hydroxyl groups excluding tert-OH is 1. The van der Waals surface area contributed by atoms with Crippen molar-refractivity contribution in [1.29, 1.82) is 0 Å². The minimum atomic E-state index is -0.729. The summed E-state index contributed by atoms with van der Waals surface area (Å²) in [6.07, 6.45) is 3.31. The van der Waals surface area contributed by atoms with Crippen LogP contribution in [-0.2, 0) is 11.3 Å². The number of nitrogens with zero attached hydrogens (tertiary/aromatic N) is 2. The Morgan fingerprint density at radius 2 is 2.10 bits per heavy atom. The van der Waals surface area contributed by atoms with Gasteiger partial charge in [-0.3, -0.25) is 14.6 Å². The highest BCUT2D eigenvalue weighted by Crippen LogP contribution is 2.41. The molecule has 4 rings (SSSR count). The maximum atomic E-state index is 13.2. The molecular weight excluding hydrogens is 388 g/mol. The summed E-state index contributed by atoms with van der Waals surface area (Å²) in [5, 5.41) is 12.4. The number of hydrogen-bond acceptors (Lipinski definition) is 6. The van der Waals surface area contributed by atoms with E-state index >= 15 is 0 Å². The van der Waals surface area contributed by atoms with Crippen LogP contribution in [0.5, 0.6) is 5.75 Å². The van der Waals surface area contributed by atoms with Gasteiger partial charge in [-0.1, -0.05) is 24.3 Å². The number of rotatable bonds is 6. The Labute approximate surface area is 171 Å². The maximum absolute atomic E-state index is 13.2. The maximum Gasteiger partial charge on any atom is 0.290 e. The van der Waals surface area contributed by atoms with Crippen molar-refractivity contribution >= 4 is 23.0 Å². The van der Waals surface area contributed by atoms with Gasteiger partial charge < -0.3 is 14.7 Å². The van der Waals surface area contributed by atoms with Crippen molar-refractivity contribution in [2.75, 3.05) is 7.11 Å². The largest absolute Gasteiger partial charge is 0.503 e. The number of aromatic nitrogens is 1. The number of thiophene rings is 1. The lowest BCUT2D eigenvalue weighted by molar-refractivity contribution is -0.130. The van der Waals surface area contributed by atoms with Crippen LogP contribution in [0.2, 0.25) is 0 Å². The van der Waals surface area contributed by atoms with Crippen LogP contribution >= 0.6 is 11.3 Å². The molecule has 146 valence electrons. The topological polar surface area (TPSA) is 79.7 Å². The number of aliphatic hydroxyl groups is 1. The van der Waals surface area contributed by atoms with Crippen molar-refractivity contribution < 1.29 is 19.4 Å². The molecular formula is C22H18N2O4S. The highest BCUT2D eigenvalue weighted by atomic mass is 32.1. The Morgan fingerprint density at radius 3 is 2.79 bits per heavy atom. The number of hydrogen-bond donors (Lipinski definition) is 1. The highest BCUT2D eigenvalue weighted by molar-refractivity contribution is 7.12. The molecule has 2 aromatic heterocycles. The molecule has 1 unspecified atom stereocenters. The van der Waals surface area contributed by atoms with Crippen LogP contribution < -0.4 is 4.74 Å². The van der Waals surface area contributed by atoms with E-state index in [0.717, 1.165) is 5.56 Å². The van der Waals surface area contributed by atoms with Gasteiger partial charge in [0.15, 0.2) is 5.76 Å². The monoisotopic (exact) mass is 406 g/mol. The van der Waals surface area contributed by atoms with Gasteiger partial charge in [-0.05, 0) is 40.8 Å². The number of Topliss-reactive ketones (excluding diaryl/α,β-unsaturated/α-hetero) is 1. The second kappa shape index (κ2) is 7.89. The van der Waals surface area contributed by atoms with Crippen LogP contribution in [0.1, 0.15) is 26.8 Å². The van der Waals surface area contributed by atoms with Crippen LogP contribution in [0, 0.1) is 0 Å². The second-order valence-electron chi connectivity index (χ2n) is 6.54. The van der Waals surface area contributed by atoms with Crippen molar-refractivity contribution in [3.8, 4) is 5.75 Å². The van der Waals surface area contributed by atoms with Crippen LogP contribution in [0.4, 0.5) is 0 Å². The van der Waals surface area contributed by atoms with E-state index in [1.807, 2.05) is 12.1 Å². The first-order valence-corrected chi connectivity index (χ1v) is 9.83. The van der Waals surface area contributed by atoms with E-state index in [1.54, 1.807) is 61.3 Å². The summed E-state index contributed by atoms with van der Waals surface area (Å²) in [4.78, 5) is 32.2. The fourth-order valence-corrected chi connectivity index (χ4v) is 4.11. The summed E-state index contributed by atoms with van der Waals surface area (Å²) >= 11 is 1.27. The lowest BCUT2D eigenvalue weighted by Gasteiger charge is -2.27. The summed E-state index contributed by atoms with van der Waals surface area (Å²) in [6, 6.07) is 13.5. The van der Waals surface area contributed by atoms with Gasteiger partial charge in [0.1, 0.15) is 5.75 Å². The molecule has 0 fully saturated rings. The van der Waals surface area contributed by atoms with Gasteiger partial charge >= 0.3 is 0 Å². The van der Waals surface area contributed by atoms with Crippen molar-refractivity contribution in [3.05, 3.63) is 93.6 Å². The third kappa shape index (κ3) is 3.52. The molecule has 1 aliphatic rings. The van der Waals surface area contributed by atoms with Gasteiger partial charge in [-0.25, -0.2) is 0 Å². The number of pyridine rings is 1. The molecule has 3 heterocycles. The molecule has 0 spiro atoms. The van der Waals surface area contributed by atoms with Crippen molar-refractivity contribution in [2.24, 2.45) is 0 Å². The molecule has 1 aliphatic heterocycles. The van der Waals surface area contributed by atoms with Crippen molar-refractivity contribution in [1.82, 2.24) is 9.88 Å². The number of methoxy groups -OCH3 is 1. The number of amides is 1. The molecule has 3 aromatic rings. The van der Waals surface area contributed by atoms with E-state index in [4.69, 9.17) is 4.74 Å². The standard InChI is InChI=1S/C22H18N2O4S/c1-28-16-7-2-6-15(11-16)19-18(20(25)17-8-4-10-29-17)21(26)22(27)24(19)13-14-5-3-9-23-12-14/h2-12,19,26H,13H2,1H3. The van der Waals surface area contributed by atoms with Crippen molar-refractivity contribution in [2.45, 2.75) is 12.6 Å². The first-order valence-electron chi connectivity index (χ1n) is 8.95. The van der Waals surface area contributed by atoms with E-state index in [0.29, 0.717) is 16.2 Å². The molecule has 1 N–H and O–H groups in total. The van der Waals surface area contributed by atoms with E-state index in [-0.39, 0.29) is 17.9 Å². The number of carbonyl (C=O) groups is 2. The molecule has 0 radical (unpaired) electrons. The summed E-state index contributed by atoms with van der Waals surface area (Å²) in [6.45, 7) is 0.208. The number of carbonyl (C=O) groups excluding carboxylic acids is 2. The molecule has 1 atom stereocenters.